The summed E-state index contributed by atoms with van der Waals surface area (Å²) in [7, 11) is 3.06. The number of alkyl carbamates (subject to hydrolysis) is 1. The molecule has 9 nitrogen and oxygen atoms in total. The zero-order valence-corrected chi connectivity index (χ0v) is 20.4. The number of fused-ring (bicyclic) bond motifs is 2. The molecule has 0 fully saturated rings. The number of rotatable bonds is 8. The van der Waals surface area contributed by atoms with Crippen molar-refractivity contribution in [2.75, 3.05) is 20.8 Å². The molecule has 0 radical (unpaired) electrons. The molecule has 1 aromatic carbocycles. The van der Waals surface area contributed by atoms with Gasteiger partial charge in [-0.2, -0.15) is 0 Å². The highest BCUT2D eigenvalue weighted by atomic mass is 16.6. The highest BCUT2D eigenvalue weighted by Crippen LogP contribution is 2.50. The minimum atomic E-state index is -1.19. The quantitative estimate of drug-likeness (QED) is 0.581. The van der Waals surface area contributed by atoms with E-state index in [1.807, 2.05) is 6.07 Å². The fraction of sp³-hybridized carbons (Fsp3) is 0.560. The molecule has 0 spiro atoms. The van der Waals surface area contributed by atoms with Crippen molar-refractivity contribution in [3.63, 3.8) is 0 Å². The Morgan fingerprint density at radius 1 is 1.06 bits per heavy atom. The summed E-state index contributed by atoms with van der Waals surface area (Å²) in [4.78, 5) is 36.2. The van der Waals surface area contributed by atoms with Crippen molar-refractivity contribution in [2.24, 2.45) is 0 Å². The number of allylic oxidation sites excluding steroid dienone is 2. The van der Waals surface area contributed by atoms with E-state index in [0.717, 1.165) is 41.5 Å². The molecule has 1 amide bonds. The molecule has 3 rings (SSSR count). The molecule has 0 saturated heterocycles. The summed E-state index contributed by atoms with van der Waals surface area (Å²) < 4.78 is 22.4. The summed E-state index contributed by atoms with van der Waals surface area (Å²) in [5, 5.41) is 11.9. The molecule has 1 aromatic rings. The normalized spacial score (nSPS) is 16.2. The minimum absolute atomic E-state index is 0.00204. The van der Waals surface area contributed by atoms with Crippen molar-refractivity contribution in [2.45, 2.75) is 70.9 Å². The third-order valence-electron chi connectivity index (χ3n) is 5.82. The largest absolute Gasteiger partial charge is 0.492 e. The van der Waals surface area contributed by atoms with Crippen LogP contribution in [0.5, 0.6) is 17.2 Å². The number of carboxylic acids is 1. The Morgan fingerprint density at radius 3 is 2.35 bits per heavy atom. The first-order valence-corrected chi connectivity index (χ1v) is 11.4. The van der Waals surface area contributed by atoms with E-state index in [2.05, 4.69) is 5.32 Å². The molecule has 0 heterocycles. The van der Waals surface area contributed by atoms with Gasteiger partial charge in [-0.25, -0.2) is 9.59 Å². The number of Topliss-reactive ketones (excluding diaryl/α,β-unsaturated/α-hetero) is 1. The van der Waals surface area contributed by atoms with Crippen LogP contribution in [0.15, 0.2) is 11.6 Å². The lowest BCUT2D eigenvalue weighted by Crippen LogP contribution is -2.44. The Balaban J connectivity index is 1.81. The lowest BCUT2D eigenvalue weighted by Gasteiger charge is -2.23. The number of ketones is 1. The summed E-state index contributed by atoms with van der Waals surface area (Å²) in [6, 6.07) is 0.655. The number of nitrogens with one attached hydrogen (secondary N) is 1. The monoisotopic (exact) mass is 475 g/mol. The van der Waals surface area contributed by atoms with Gasteiger partial charge in [0.1, 0.15) is 11.6 Å². The van der Waals surface area contributed by atoms with E-state index in [-0.39, 0.29) is 18.8 Å². The number of amides is 1. The van der Waals surface area contributed by atoms with Gasteiger partial charge < -0.3 is 29.4 Å². The Bertz CT molecular complexity index is 1010. The third-order valence-corrected chi connectivity index (χ3v) is 5.82. The number of carboxylic acid groups (broad SMARTS) is 1. The maximum absolute atomic E-state index is 12.6. The molecule has 9 heteroatoms. The molecule has 0 bridgehead atoms. The van der Waals surface area contributed by atoms with Gasteiger partial charge in [0.25, 0.3) is 0 Å². The predicted octanol–water partition coefficient (Wildman–Crippen LogP) is 3.90. The van der Waals surface area contributed by atoms with Gasteiger partial charge in [0.15, 0.2) is 17.3 Å². The Kier molecular flexibility index (Phi) is 7.74. The van der Waals surface area contributed by atoms with Crippen LogP contribution in [0.25, 0.3) is 5.57 Å². The fourth-order valence-electron chi connectivity index (χ4n) is 4.41. The van der Waals surface area contributed by atoms with E-state index in [1.165, 1.54) is 7.11 Å². The van der Waals surface area contributed by atoms with Crippen LogP contribution >= 0.6 is 0 Å². The van der Waals surface area contributed by atoms with Gasteiger partial charge in [-0.3, -0.25) is 4.79 Å². The highest BCUT2D eigenvalue weighted by molar-refractivity contribution is 6.06. The molecule has 2 aliphatic rings. The maximum Gasteiger partial charge on any atom is 0.408 e. The number of ether oxygens (including phenoxy) is 4. The summed E-state index contributed by atoms with van der Waals surface area (Å²) in [5.41, 5.74) is 3.00. The van der Waals surface area contributed by atoms with Crippen molar-refractivity contribution < 1.29 is 38.4 Å². The van der Waals surface area contributed by atoms with Gasteiger partial charge in [-0.1, -0.05) is 0 Å². The number of carbonyl (C=O) groups is 3. The molecule has 2 aliphatic carbocycles. The maximum atomic E-state index is 12.6. The molecule has 0 aromatic heterocycles. The lowest BCUT2D eigenvalue weighted by atomic mass is 9.95. The third kappa shape index (κ3) is 5.63. The number of aryl methyl sites for hydroxylation is 1. The van der Waals surface area contributed by atoms with E-state index < -0.39 is 23.7 Å². The average Bonchev–Trinajstić information content (AvgIpc) is 3.19. The first-order valence-electron chi connectivity index (χ1n) is 11.4. The standard InChI is InChI=1S/C25H33NO8/c1-25(2,3)34-24(30)26-17(23(28)29)11-12-33-19-13-14-9-10-18(27)15-7-6-8-16(15)20(14)22(32-5)21(19)31-4/h13,17H,6-12H2,1-5H3,(H,26,30)(H,28,29). The summed E-state index contributed by atoms with van der Waals surface area (Å²) >= 11 is 0. The molecule has 2 N–H and O–H groups in total. The van der Waals surface area contributed by atoms with Gasteiger partial charge >= 0.3 is 12.1 Å². The molecule has 1 atom stereocenters. The van der Waals surface area contributed by atoms with Crippen molar-refractivity contribution >= 4 is 23.4 Å². The first kappa shape index (κ1) is 25.4. The average molecular weight is 476 g/mol. The number of benzene rings is 1. The van der Waals surface area contributed by atoms with Crippen LogP contribution in [0.2, 0.25) is 0 Å². The number of hydrogen-bond acceptors (Lipinski definition) is 7. The van der Waals surface area contributed by atoms with Gasteiger partial charge in [-0.05, 0) is 69.2 Å². The molecular formula is C25H33NO8. The molecular weight excluding hydrogens is 442 g/mol. The van der Waals surface area contributed by atoms with Crippen molar-refractivity contribution in [1.29, 1.82) is 0 Å². The Labute approximate surface area is 199 Å². The van der Waals surface area contributed by atoms with Crippen LogP contribution in [0.3, 0.4) is 0 Å². The van der Waals surface area contributed by atoms with Gasteiger partial charge in [0.2, 0.25) is 5.75 Å². The topological polar surface area (TPSA) is 120 Å². The number of hydrogen-bond donors (Lipinski definition) is 2. The van der Waals surface area contributed by atoms with Gasteiger partial charge in [0.05, 0.1) is 20.8 Å². The Hall–Kier alpha value is -3.23. The van der Waals surface area contributed by atoms with E-state index >= 15 is 0 Å². The molecule has 1 unspecified atom stereocenters. The van der Waals surface area contributed by atoms with E-state index in [4.69, 9.17) is 18.9 Å². The summed E-state index contributed by atoms with van der Waals surface area (Å²) in [5.74, 6) is 0.279. The number of carbonyl (C=O) groups excluding carboxylic acids is 2. The van der Waals surface area contributed by atoms with Crippen LogP contribution in [-0.4, -0.2) is 55.4 Å². The molecule has 0 aliphatic heterocycles. The van der Waals surface area contributed by atoms with Gasteiger partial charge in [-0.15, -0.1) is 0 Å². The van der Waals surface area contributed by atoms with Crippen LogP contribution in [0.1, 0.15) is 64.0 Å². The lowest BCUT2D eigenvalue weighted by molar-refractivity contribution is -0.139. The second-order valence-corrected chi connectivity index (χ2v) is 9.38. The smallest absolute Gasteiger partial charge is 0.408 e. The molecule has 34 heavy (non-hydrogen) atoms. The minimum Gasteiger partial charge on any atom is -0.492 e. The Morgan fingerprint density at radius 2 is 1.74 bits per heavy atom. The summed E-state index contributed by atoms with van der Waals surface area (Å²) in [6.45, 7) is 5.09. The summed E-state index contributed by atoms with van der Waals surface area (Å²) in [6.07, 6.45) is 2.68. The van der Waals surface area contributed by atoms with Gasteiger partial charge in [0, 0.05) is 18.4 Å². The van der Waals surface area contributed by atoms with Crippen LogP contribution in [-0.2, 0) is 20.7 Å². The number of aliphatic carboxylic acids is 1. The second-order valence-electron chi connectivity index (χ2n) is 9.38. The van der Waals surface area contributed by atoms with E-state index in [0.29, 0.717) is 30.1 Å². The fourth-order valence-corrected chi connectivity index (χ4v) is 4.41. The molecule has 186 valence electrons. The zero-order chi connectivity index (χ0) is 25.0. The van der Waals surface area contributed by atoms with E-state index in [1.54, 1.807) is 27.9 Å². The SMILES string of the molecule is COc1c(OCCC(NC(=O)OC(C)(C)C)C(=O)O)cc2c(c1OC)C1=C(CCC1)C(=O)CC2. The predicted molar refractivity (Wildman–Crippen MR) is 125 cm³/mol. The van der Waals surface area contributed by atoms with E-state index in [9.17, 15) is 19.5 Å². The van der Waals surface area contributed by atoms with Crippen LogP contribution < -0.4 is 19.5 Å². The van der Waals surface area contributed by atoms with Crippen LogP contribution in [0, 0.1) is 0 Å². The second kappa shape index (κ2) is 10.4. The highest BCUT2D eigenvalue weighted by Gasteiger charge is 2.32. The number of methoxy groups -OCH3 is 2. The van der Waals surface area contributed by atoms with Crippen LogP contribution in [0.4, 0.5) is 4.79 Å². The van der Waals surface area contributed by atoms with Crippen molar-refractivity contribution in [1.82, 2.24) is 5.32 Å². The zero-order valence-electron chi connectivity index (χ0n) is 20.4. The first-order chi connectivity index (χ1) is 16.1. The van der Waals surface area contributed by atoms with Crippen molar-refractivity contribution in [3.05, 3.63) is 22.8 Å². The van der Waals surface area contributed by atoms with Crippen molar-refractivity contribution in [3.8, 4) is 17.2 Å². The molecule has 0 saturated carbocycles.